The number of rotatable bonds is 18. The van der Waals surface area contributed by atoms with Crippen molar-refractivity contribution in [1.82, 2.24) is 0 Å². The molecular formula is C21H38O4. The van der Waals surface area contributed by atoms with E-state index in [-0.39, 0.29) is 12.8 Å². The van der Waals surface area contributed by atoms with Crippen molar-refractivity contribution >= 4 is 11.9 Å². The molecule has 4 nitrogen and oxygen atoms in total. The molecule has 0 amide bonds. The molecule has 0 aromatic rings. The van der Waals surface area contributed by atoms with Crippen molar-refractivity contribution in [1.29, 1.82) is 0 Å². The smallest absolute Gasteiger partial charge is 0.310 e. The van der Waals surface area contributed by atoms with E-state index in [0.29, 0.717) is 0 Å². The summed E-state index contributed by atoms with van der Waals surface area (Å²) >= 11 is 0. The summed E-state index contributed by atoms with van der Waals surface area (Å²) in [4.78, 5) is 21.5. The van der Waals surface area contributed by atoms with Crippen molar-refractivity contribution < 1.29 is 19.8 Å². The molecule has 0 saturated heterocycles. The molecule has 1 unspecified atom stereocenters. The van der Waals surface area contributed by atoms with Crippen LogP contribution in [0.2, 0.25) is 0 Å². The maximum Gasteiger partial charge on any atom is 0.310 e. The Morgan fingerprint density at radius 1 is 0.800 bits per heavy atom. The maximum atomic E-state index is 11.0. The van der Waals surface area contributed by atoms with Gasteiger partial charge in [0.25, 0.3) is 0 Å². The van der Waals surface area contributed by atoms with Crippen LogP contribution < -0.4 is 0 Å². The van der Waals surface area contributed by atoms with Gasteiger partial charge in [-0.15, -0.1) is 0 Å². The van der Waals surface area contributed by atoms with Gasteiger partial charge in [0.05, 0.1) is 5.92 Å². The maximum absolute atomic E-state index is 11.0. The molecule has 146 valence electrons. The Labute approximate surface area is 153 Å². The summed E-state index contributed by atoms with van der Waals surface area (Å²) in [5, 5.41) is 17.7. The van der Waals surface area contributed by atoms with Crippen molar-refractivity contribution in [3.8, 4) is 0 Å². The molecule has 0 aromatic carbocycles. The molecule has 25 heavy (non-hydrogen) atoms. The Morgan fingerprint density at radius 3 is 1.72 bits per heavy atom. The molecule has 2 N–H and O–H groups in total. The lowest BCUT2D eigenvalue weighted by Crippen LogP contribution is -2.12. The number of hydrogen-bond donors (Lipinski definition) is 2. The molecule has 0 aliphatic rings. The lowest BCUT2D eigenvalue weighted by molar-refractivity contribution is -0.141. The monoisotopic (exact) mass is 354 g/mol. The highest BCUT2D eigenvalue weighted by Gasteiger charge is 2.14. The van der Waals surface area contributed by atoms with Gasteiger partial charge in [-0.3, -0.25) is 9.59 Å². The summed E-state index contributed by atoms with van der Waals surface area (Å²) in [6.45, 7) is 2.25. The number of aliphatic carboxylic acids is 2. The third kappa shape index (κ3) is 17.3. The first-order valence-corrected chi connectivity index (χ1v) is 10.2. The highest BCUT2D eigenvalue weighted by Crippen LogP contribution is 2.13. The predicted octanol–water partition coefficient (Wildman–Crippen LogP) is 6.20. The van der Waals surface area contributed by atoms with Crippen LogP contribution in [0.4, 0.5) is 0 Å². The molecule has 0 radical (unpaired) electrons. The number of unbranched alkanes of at least 4 members (excludes halogenated alkanes) is 12. The van der Waals surface area contributed by atoms with Crippen LogP contribution in [0.5, 0.6) is 0 Å². The predicted molar refractivity (Wildman–Crippen MR) is 103 cm³/mol. The first-order valence-electron chi connectivity index (χ1n) is 10.2. The van der Waals surface area contributed by atoms with Crippen molar-refractivity contribution in [2.45, 2.75) is 103 Å². The highest BCUT2D eigenvalue weighted by atomic mass is 16.4. The van der Waals surface area contributed by atoms with Crippen molar-refractivity contribution in [3.05, 3.63) is 12.2 Å². The Kier molecular flexibility index (Phi) is 16.6. The molecule has 0 spiro atoms. The lowest BCUT2D eigenvalue weighted by atomic mass is 10.0. The van der Waals surface area contributed by atoms with E-state index in [9.17, 15) is 9.59 Å². The number of carboxylic acid groups (broad SMARTS) is 2. The molecule has 0 saturated carbocycles. The molecule has 0 aromatic heterocycles. The molecule has 0 heterocycles. The zero-order chi connectivity index (χ0) is 18.8. The molecule has 0 bridgehead atoms. The van der Waals surface area contributed by atoms with Crippen LogP contribution in [0.3, 0.4) is 0 Å². The van der Waals surface area contributed by atoms with Crippen molar-refractivity contribution in [2.24, 2.45) is 5.92 Å². The average molecular weight is 355 g/mol. The first-order chi connectivity index (χ1) is 12.1. The van der Waals surface area contributed by atoms with Gasteiger partial charge >= 0.3 is 11.9 Å². The van der Waals surface area contributed by atoms with Gasteiger partial charge in [-0.05, 0) is 19.3 Å². The van der Waals surface area contributed by atoms with Crippen molar-refractivity contribution in [2.75, 3.05) is 0 Å². The second-order valence-corrected chi connectivity index (χ2v) is 6.98. The minimum absolute atomic E-state index is 0.0973. The third-order valence-electron chi connectivity index (χ3n) is 4.58. The highest BCUT2D eigenvalue weighted by molar-refractivity contribution is 5.73. The zero-order valence-electron chi connectivity index (χ0n) is 16.0. The Bertz CT molecular complexity index is 363. The van der Waals surface area contributed by atoms with Gasteiger partial charge < -0.3 is 10.2 Å². The molecule has 0 aliphatic carbocycles. The SMILES string of the molecule is CCCCCCCCCCCCCCC=CC(CCC(=O)O)C(=O)O. The van der Waals surface area contributed by atoms with E-state index in [2.05, 4.69) is 6.92 Å². The Hall–Kier alpha value is -1.32. The summed E-state index contributed by atoms with van der Waals surface area (Å²) < 4.78 is 0. The second-order valence-electron chi connectivity index (χ2n) is 6.98. The average Bonchev–Trinajstić information content (AvgIpc) is 2.57. The quantitative estimate of drug-likeness (QED) is 0.227. The van der Waals surface area contributed by atoms with Crippen LogP contribution in [-0.2, 0) is 9.59 Å². The van der Waals surface area contributed by atoms with Crippen molar-refractivity contribution in [3.63, 3.8) is 0 Å². The fourth-order valence-electron chi connectivity index (χ4n) is 2.94. The fraction of sp³-hybridized carbons (Fsp3) is 0.810. The number of hydrogen-bond acceptors (Lipinski definition) is 2. The van der Waals surface area contributed by atoms with E-state index in [1.54, 1.807) is 6.08 Å². The largest absolute Gasteiger partial charge is 0.481 e. The van der Waals surface area contributed by atoms with E-state index < -0.39 is 17.9 Å². The van der Waals surface area contributed by atoms with Gasteiger partial charge in [0.2, 0.25) is 0 Å². The molecule has 0 fully saturated rings. The van der Waals surface area contributed by atoms with E-state index in [1.807, 2.05) is 6.08 Å². The normalized spacial score (nSPS) is 12.5. The van der Waals surface area contributed by atoms with Crippen LogP contribution >= 0.6 is 0 Å². The Balaban J connectivity index is 3.46. The van der Waals surface area contributed by atoms with Gasteiger partial charge in [-0.1, -0.05) is 89.7 Å². The van der Waals surface area contributed by atoms with Gasteiger partial charge in [0, 0.05) is 6.42 Å². The zero-order valence-corrected chi connectivity index (χ0v) is 16.0. The van der Waals surface area contributed by atoms with Gasteiger partial charge in [0.15, 0.2) is 0 Å². The summed E-state index contributed by atoms with van der Waals surface area (Å²) in [6.07, 6.45) is 20.3. The summed E-state index contributed by atoms with van der Waals surface area (Å²) in [5.41, 5.74) is 0. The van der Waals surface area contributed by atoms with E-state index in [4.69, 9.17) is 10.2 Å². The Morgan fingerprint density at radius 2 is 1.28 bits per heavy atom. The number of carbonyl (C=O) groups is 2. The summed E-state index contributed by atoms with van der Waals surface area (Å²) in [5.74, 6) is -2.55. The van der Waals surface area contributed by atoms with Crippen LogP contribution in [0.25, 0.3) is 0 Å². The van der Waals surface area contributed by atoms with Crippen LogP contribution in [0.1, 0.15) is 103 Å². The van der Waals surface area contributed by atoms with Crippen LogP contribution in [-0.4, -0.2) is 22.2 Å². The molecule has 0 aliphatic heterocycles. The van der Waals surface area contributed by atoms with Crippen LogP contribution in [0.15, 0.2) is 12.2 Å². The fourth-order valence-corrected chi connectivity index (χ4v) is 2.94. The standard InChI is InChI=1S/C21H38O4/c1-2-3-4-5-6-7-8-9-10-11-12-13-14-15-16-19(21(24)25)17-18-20(22)23/h15-16,19H,2-14,17-18H2,1H3,(H,22,23)(H,24,25). The molecular weight excluding hydrogens is 316 g/mol. The molecule has 0 rings (SSSR count). The van der Waals surface area contributed by atoms with E-state index >= 15 is 0 Å². The van der Waals surface area contributed by atoms with E-state index in [0.717, 1.165) is 12.8 Å². The van der Waals surface area contributed by atoms with E-state index in [1.165, 1.54) is 70.6 Å². The summed E-state index contributed by atoms with van der Waals surface area (Å²) in [7, 11) is 0. The topological polar surface area (TPSA) is 74.6 Å². The van der Waals surface area contributed by atoms with Gasteiger partial charge in [-0.25, -0.2) is 0 Å². The molecule has 4 heteroatoms. The summed E-state index contributed by atoms with van der Waals surface area (Å²) in [6, 6.07) is 0. The minimum Gasteiger partial charge on any atom is -0.481 e. The third-order valence-corrected chi connectivity index (χ3v) is 4.58. The second kappa shape index (κ2) is 17.5. The lowest BCUT2D eigenvalue weighted by Gasteiger charge is -2.05. The van der Waals surface area contributed by atoms with Gasteiger partial charge in [-0.2, -0.15) is 0 Å². The molecule has 1 atom stereocenters. The first kappa shape index (κ1) is 23.7. The number of carboxylic acids is 2. The van der Waals surface area contributed by atoms with Gasteiger partial charge in [0.1, 0.15) is 0 Å². The minimum atomic E-state index is -0.944. The van der Waals surface area contributed by atoms with Crippen LogP contribution in [0, 0.1) is 5.92 Å². The number of allylic oxidation sites excluding steroid dienone is 1.